The van der Waals surface area contributed by atoms with Crippen LogP contribution < -0.4 is 11.5 Å². The summed E-state index contributed by atoms with van der Waals surface area (Å²) < 4.78 is 5.43. The summed E-state index contributed by atoms with van der Waals surface area (Å²) in [6, 6.07) is 6.13. The van der Waals surface area contributed by atoms with Crippen LogP contribution in [0.5, 0.6) is 0 Å². The molecule has 1 aromatic heterocycles. The molecule has 0 fully saturated rings. The van der Waals surface area contributed by atoms with E-state index >= 15 is 0 Å². The molecule has 92 valence electrons. The molecule has 0 aliphatic heterocycles. The monoisotopic (exact) mass is 233 g/mol. The zero-order valence-corrected chi connectivity index (χ0v) is 10.3. The number of nitrogens with two attached hydrogens (primary N) is 2. The summed E-state index contributed by atoms with van der Waals surface area (Å²) in [4.78, 5) is 4.30. The van der Waals surface area contributed by atoms with Gasteiger partial charge in [-0.25, -0.2) is 4.98 Å². The van der Waals surface area contributed by atoms with Gasteiger partial charge in [-0.05, 0) is 37.5 Å². The summed E-state index contributed by atoms with van der Waals surface area (Å²) in [6.07, 6.45) is 1.82. The number of hydrogen-bond donors (Lipinski definition) is 2. The molecule has 0 saturated heterocycles. The van der Waals surface area contributed by atoms with Crippen LogP contribution in [-0.2, 0) is 0 Å². The number of nitrogens with zero attached hydrogens (tertiary/aromatic N) is 1. The highest BCUT2D eigenvalue weighted by atomic mass is 16.3. The zero-order valence-electron chi connectivity index (χ0n) is 10.3. The van der Waals surface area contributed by atoms with Crippen molar-refractivity contribution in [3.05, 3.63) is 29.7 Å². The van der Waals surface area contributed by atoms with Gasteiger partial charge in [-0.3, -0.25) is 0 Å². The molecule has 0 spiro atoms. The largest absolute Gasteiger partial charge is 0.441 e. The van der Waals surface area contributed by atoms with Gasteiger partial charge in [0.15, 0.2) is 11.5 Å². The van der Waals surface area contributed by atoms with Gasteiger partial charge in [0.1, 0.15) is 5.52 Å². The van der Waals surface area contributed by atoms with Crippen molar-refractivity contribution in [2.24, 2.45) is 11.5 Å². The number of rotatable bonds is 4. The van der Waals surface area contributed by atoms with E-state index < -0.39 is 0 Å². The van der Waals surface area contributed by atoms with Crippen molar-refractivity contribution in [2.75, 3.05) is 0 Å². The van der Waals surface area contributed by atoms with Gasteiger partial charge < -0.3 is 15.9 Å². The average molecular weight is 233 g/mol. The minimum Gasteiger partial charge on any atom is -0.441 e. The lowest BCUT2D eigenvalue weighted by atomic mass is 10.0. The van der Waals surface area contributed by atoms with Gasteiger partial charge in [-0.1, -0.05) is 6.07 Å². The second kappa shape index (κ2) is 4.85. The molecule has 0 bridgehead atoms. The Morgan fingerprint density at radius 3 is 2.76 bits per heavy atom. The fraction of sp³-hybridized carbons (Fsp3) is 0.462. The number of fused-ring (bicyclic) bond motifs is 1. The Morgan fingerprint density at radius 1 is 1.29 bits per heavy atom. The number of hydrogen-bond acceptors (Lipinski definition) is 4. The smallest absolute Gasteiger partial charge is 0.192 e. The van der Waals surface area contributed by atoms with E-state index in [0.29, 0.717) is 5.89 Å². The fourth-order valence-corrected chi connectivity index (χ4v) is 1.90. The third kappa shape index (κ3) is 2.84. The van der Waals surface area contributed by atoms with Gasteiger partial charge in [0.2, 0.25) is 0 Å². The number of oxazole rings is 1. The number of aromatic nitrogens is 1. The molecule has 0 saturated carbocycles. The van der Waals surface area contributed by atoms with E-state index in [2.05, 4.69) is 4.98 Å². The first-order valence-electron chi connectivity index (χ1n) is 5.94. The van der Waals surface area contributed by atoms with E-state index in [1.165, 1.54) is 0 Å². The summed E-state index contributed by atoms with van der Waals surface area (Å²) in [7, 11) is 0. The van der Waals surface area contributed by atoms with Gasteiger partial charge in [0.25, 0.3) is 0 Å². The molecule has 0 aliphatic rings. The van der Waals surface area contributed by atoms with Crippen molar-refractivity contribution in [2.45, 2.75) is 38.8 Å². The Bertz CT molecular complexity index is 504. The number of aryl methyl sites for hydroxylation is 1. The van der Waals surface area contributed by atoms with Crippen molar-refractivity contribution >= 4 is 11.1 Å². The molecule has 2 unspecified atom stereocenters. The Kier molecular flexibility index (Phi) is 3.45. The lowest BCUT2D eigenvalue weighted by Crippen LogP contribution is -2.18. The Labute approximate surface area is 101 Å². The van der Waals surface area contributed by atoms with E-state index in [1.54, 1.807) is 0 Å². The second-order valence-corrected chi connectivity index (χ2v) is 4.62. The lowest BCUT2D eigenvalue weighted by Gasteiger charge is -2.13. The lowest BCUT2D eigenvalue weighted by molar-refractivity contribution is 0.554. The first-order valence-corrected chi connectivity index (χ1v) is 5.94. The minimum absolute atomic E-state index is 0.0161. The van der Waals surface area contributed by atoms with Crippen LogP contribution in [0.15, 0.2) is 22.6 Å². The van der Waals surface area contributed by atoms with E-state index in [0.717, 1.165) is 29.5 Å². The molecule has 0 aliphatic carbocycles. The molecular weight excluding hydrogens is 214 g/mol. The zero-order chi connectivity index (χ0) is 12.4. The third-order valence-corrected chi connectivity index (χ3v) is 2.88. The molecule has 4 nitrogen and oxygen atoms in total. The van der Waals surface area contributed by atoms with Crippen LogP contribution in [0, 0.1) is 6.92 Å². The highest BCUT2D eigenvalue weighted by Gasteiger charge is 2.10. The quantitative estimate of drug-likeness (QED) is 0.849. The maximum atomic E-state index is 6.13. The Morgan fingerprint density at radius 2 is 2.06 bits per heavy atom. The maximum Gasteiger partial charge on any atom is 0.192 e. The molecule has 2 rings (SSSR count). The molecule has 4 N–H and O–H groups in total. The molecule has 1 heterocycles. The van der Waals surface area contributed by atoms with E-state index in [4.69, 9.17) is 15.9 Å². The topological polar surface area (TPSA) is 78.1 Å². The van der Waals surface area contributed by atoms with E-state index in [1.807, 2.05) is 32.0 Å². The van der Waals surface area contributed by atoms with Gasteiger partial charge in [-0.2, -0.15) is 0 Å². The molecular formula is C13H19N3O. The molecule has 4 heteroatoms. The highest BCUT2D eigenvalue weighted by molar-refractivity contribution is 5.73. The van der Waals surface area contributed by atoms with Crippen LogP contribution >= 0.6 is 0 Å². The fourth-order valence-electron chi connectivity index (χ4n) is 1.90. The third-order valence-electron chi connectivity index (χ3n) is 2.88. The van der Waals surface area contributed by atoms with Crippen LogP contribution in [0.2, 0.25) is 0 Å². The van der Waals surface area contributed by atoms with Crippen LogP contribution in [0.4, 0.5) is 0 Å². The van der Waals surface area contributed by atoms with Gasteiger partial charge in [-0.15, -0.1) is 0 Å². The summed E-state index contributed by atoms with van der Waals surface area (Å²) in [5, 5.41) is 0. The van der Waals surface area contributed by atoms with E-state index in [9.17, 15) is 0 Å². The minimum atomic E-state index is 0.0161. The average Bonchev–Trinajstić information content (AvgIpc) is 2.64. The van der Waals surface area contributed by atoms with Crippen molar-refractivity contribution in [3.63, 3.8) is 0 Å². The molecule has 2 atom stereocenters. The first kappa shape index (κ1) is 12.1. The normalized spacial score (nSPS) is 15.1. The van der Waals surface area contributed by atoms with Crippen molar-refractivity contribution < 1.29 is 4.42 Å². The van der Waals surface area contributed by atoms with E-state index in [-0.39, 0.29) is 12.1 Å². The standard InChI is InChI=1S/C13H19N3O/c1-8(14)3-5-11(15)10-4-6-13-12(7-10)16-9(2)17-13/h4,6-8,11H,3,5,14-15H2,1-2H3. The first-order chi connectivity index (χ1) is 8.06. The predicted octanol–water partition coefficient (Wildman–Crippen LogP) is 2.26. The Hall–Kier alpha value is -1.39. The van der Waals surface area contributed by atoms with Crippen molar-refractivity contribution in [1.82, 2.24) is 4.98 Å². The van der Waals surface area contributed by atoms with Crippen molar-refractivity contribution in [3.8, 4) is 0 Å². The summed E-state index contributed by atoms with van der Waals surface area (Å²) in [6.45, 7) is 3.84. The summed E-state index contributed by atoms with van der Waals surface area (Å²) >= 11 is 0. The molecule has 1 aromatic carbocycles. The highest BCUT2D eigenvalue weighted by Crippen LogP contribution is 2.22. The Balaban J connectivity index is 2.17. The summed E-state index contributed by atoms with van der Waals surface area (Å²) in [5.74, 6) is 0.682. The van der Waals surface area contributed by atoms with Crippen LogP contribution in [-0.4, -0.2) is 11.0 Å². The second-order valence-electron chi connectivity index (χ2n) is 4.62. The number of benzene rings is 1. The molecule has 0 radical (unpaired) electrons. The summed E-state index contributed by atoms with van der Waals surface area (Å²) in [5.41, 5.74) is 14.6. The maximum absolute atomic E-state index is 6.13. The van der Waals surface area contributed by atoms with Crippen LogP contribution in [0.1, 0.15) is 37.3 Å². The van der Waals surface area contributed by atoms with Gasteiger partial charge >= 0.3 is 0 Å². The van der Waals surface area contributed by atoms with Gasteiger partial charge in [0, 0.05) is 19.0 Å². The molecule has 17 heavy (non-hydrogen) atoms. The predicted molar refractivity (Wildman–Crippen MR) is 68.6 cm³/mol. The van der Waals surface area contributed by atoms with Gasteiger partial charge in [0.05, 0.1) is 0 Å². The van der Waals surface area contributed by atoms with Crippen LogP contribution in [0.25, 0.3) is 11.1 Å². The van der Waals surface area contributed by atoms with Crippen LogP contribution in [0.3, 0.4) is 0 Å². The molecule has 2 aromatic rings. The van der Waals surface area contributed by atoms with Crippen molar-refractivity contribution in [1.29, 1.82) is 0 Å². The molecule has 0 amide bonds. The SMILES string of the molecule is Cc1nc2cc(C(N)CCC(C)N)ccc2o1.